The van der Waals surface area contributed by atoms with E-state index in [9.17, 15) is 0 Å². The second-order valence-corrected chi connectivity index (χ2v) is 3.89. The number of nitrogens with zero attached hydrogens (tertiary/aromatic N) is 1. The van der Waals surface area contributed by atoms with Gasteiger partial charge in [-0.15, -0.1) is 0 Å². The van der Waals surface area contributed by atoms with Gasteiger partial charge in [0.15, 0.2) is 0 Å². The highest BCUT2D eigenvalue weighted by Crippen LogP contribution is 2.25. The molecule has 0 aliphatic rings. The topological polar surface area (TPSA) is 35.3 Å². The zero-order chi connectivity index (χ0) is 11.7. The van der Waals surface area contributed by atoms with Gasteiger partial charge in [0, 0.05) is 23.7 Å². The summed E-state index contributed by atoms with van der Waals surface area (Å²) in [5, 5.41) is 1.06. The van der Waals surface area contributed by atoms with E-state index < -0.39 is 0 Å². The van der Waals surface area contributed by atoms with Gasteiger partial charge in [0.25, 0.3) is 0 Å². The van der Waals surface area contributed by atoms with Crippen molar-refractivity contribution in [1.82, 2.24) is 4.98 Å². The van der Waals surface area contributed by atoms with Crippen LogP contribution in [0.5, 0.6) is 11.6 Å². The maximum Gasteiger partial charge on any atom is 0.219 e. The number of furan rings is 1. The summed E-state index contributed by atoms with van der Waals surface area (Å²) in [6, 6.07) is 11.5. The molecule has 0 amide bonds. The second-order valence-electron chi connectivity index (χ2n) is 3.89. The Labute approximate surface area is 98.7 Å². The molecule has 0 unspecified atom stereocenters. The van der Waals surface area contributed by atoms with Crippen LogP contribution in [-0.2, 0) is 0 Å². The standard InChI is InChI=1S/C14H11NO2/c1-10-4-6-15-14(8-10)17-12-3-2-11-5-7-16-13(11)9-12/h2-9H,1H3. The number of aromatic nitrogens is 1. The normalized spacial score (nSPS) is 10.6. The van der Waals surface area contributed by atoms with Gasteiger partial charge < -0.3 is 9.15 Å². The van der Waals surface area contributed by atoms with Crippen LogP contribution in [0.3, 0.4) is 0 Å². The van der Waals surface area contributed by atoms with Crippen molar-refractivity contribution >= 4 is 11.0 Å². The molecule has 3 nitrogen and oxygen atoms in total. The number of benzene rings is 1. The van der Waals surface area contributed by atoms with E-state index >= 15 is 0 Å². The Balaban J connectivity index is 1.94. The highest BCUT2D eigenvalue weighted by molar-refractivity contribution is 5.78. The summed E-state index contributed by atoms with van der Waals surface area (Å²) in [6.07, 6.45) is 3.40. The molecule has 0 bridgehead atoms. The first-order chi connectivity index (χ1) is 8.31. The molecule has 0 fully saturated rings. The summed E-state index contributed by atoms with van der Waals surface area (Å²) < 4.78 is 11.0. The van der Waals surface area contributed by atoms with Crippen molar-refractivity contribution in [3.05, 3.63) is 54.4 Å². The summed E-state index contributed by atoms with van der Waals surface area (Å²) in [7, 11) is 0. The molecule has 3 rings (SSSR count). The minimum absolute atomic E-state index is 0.593. The molecule has 0 N–H and O–H groups in total. The maximum atomic E-state index is 5.67. The summed E-state index contributed by atoms with van der Waals surface area (Å²) in [5.41, 5.74) is 1.93. The minimum atomic E-state index is 0.593. The van der Waals surface area contributed by atoms with Crippen molar-refractivity contribution < 1.29 is 9.15 Å². The molecular formula is C14H11NO2. The molecule has 2 heterocycles. The van der Waals surface area contributed by atoms with Gasteiger partial charge in [0.1, 0.15) is 11.3 Å². The van der Waals surface area contributed by atoms with E-state index in [4.69, 9.17) is 9.15 Å². The highest BCUT2D eigenvalue weighted by atomic mass is 16.5. The van der Waals surface area contributed by atoms with E-state index in [1.54, 1.807) is 12.5 Å². The number of rotatable bonds is 2. The highest BCUT2D eigenvalue weighted by Gasteiger charge is 2.02. The first-order valence-corrected chi connectivity index (χ1v) is 5.39. The smallest absolute Gasteiger partial charge is 0.219 e. The molecule has 3 aromatic rings. The van der Waals surface area contributed by atoms with Crippen molar-refractivity contribution in [2.24, 2.45) is 0 Å². The van der Waals surface area contributed by atoms with Gasteiger partial charge in [-0.25, -0.2) is 4.98 Å². The zero-order valence-electron chi connectivity index (χ0n) is 9.38. The zero-order valence-corrected chi connectivity index (χ0v) is 9.38. The van der Waals surface area contributed by atoms with Crippen LogP contribution < -0.4 is 4.74 Å². The fourth-order valence-corrected chi connectivity index (χ4v) is 1.68. The maximum absolute atomic E-state index is 5.67. The van der Waals surface area contributed by atoms with Crippen LogP contribution in [-0.4, -0.2) is 4.98 Å². The third-order valence-electron chi connectivity index (χ3n) is 2.54. The van der Waals surface area contributed by atoms with Crippen LogP contribution in [0, 0.1) is 6.92 Å². The quantitative estimate of drug-likeness (QED) is 0.662. The number of ether oxygens (including phenoxy) is 1. The Hall–Kier alpha value is -2.29. The third-order valence-corrected chi connectivity index (χ3v) is 2.54. The number of hydrogen-bond acceptors (Lipinski definition) is 3. The number of fused-ring (bicyclic) bond motifs is 1. The van der Waals surface area contributed by atoms with Crippen LogP contribution in [0.1, 0.15) is 5.56 Å². The van der Waals surface area contributed by atoms with Crippen LogP contribution in [0.2, 0.25) is 0 Å². The fraction of sp³-hybridized carbons (Fsp3) is 0.0714. The van der Waals surface area contributed by atoms with Gasteiger partial charge in [0.2, 0.25) is 5.88 Å². The molecule has 3 heteroatoms. The van der Waals surface area contributed by atoms with Gasteiger partial charge >= 0.3 is 0 Å². The summed E-state index contributed by atoms with van der Waals surface area (Å²) in [4.78, 5) is 4.15. The summed E-state index contributed by atoms with van der Waals surface area (Å²) in [6.45, 7) is 2.00. The molecule has 0 saturated carbocycles. The molecule has 84 valence electrons. The van der Waals surface area contributed by atoms with Gasteiger partial charge in [-0.05, 0) is 36.8 Å². The van der Waals surface area contributed by atoms with Gasteiger partial charge in [0.05, 0.1) is 6.26 Å². The second kappa shape index (κ2) is 3.94. The average molecular weight is 225 g/mol. The largest absolute Gasteiger partial charge is 0.464 e. The molecule has 0 spiro atoms. The van der Waals surface area contributed by atoms with Crippen molar-refractivity contribution in [3.63, 3.8) is 0 Å². The molecule has 1 aromatic carbocycles. The van der Waals surface area contributed by atoms with E-state index in [0.29, 0.717) is 5.88 Å². The van der Waals surface area contributed by atoms with Gasteiger partial charge in [-0.2, -0.15) is 0 Å². The molecule has 0 atom stereocenters. The Morgan fingerprint density at radius 1 is 1.12 bits per heavy atom. The lowest BCUT2D eigenvalue weighted by atomic mass is 10.2. The Kier molecular flexibility index (Phi) is 2.29. The third kappa shape index (κ3) is 1.99. The van der Waals surface area contributed by atoms with E-state index in [2.05, 4.69) is 4.98 Å². The van der Waals surface area contributed by atoms with E-state index in [1.807, 2.05) is 43.3 Å². The van der Waals surface area contributed by atoms with Crippen LogP contribution in [0.4, 0.5) is 0 Å². The van der Waals surface area contributed by atoms with E-state index in [1.165, 1.54) is 0 Å². The average Bonchev–Trinajstić information content (AvgIpc) is 2.76. The predicted octanol–water partition coefficient (Wildman–Crippen LogP) is 3.93. The first kappa shape index (κ1) is 9.90. The minimum Gasteiger partial charge on any atom is -0.464 e. The Bertz CT molecular complexity index is 658. The number of pyridine rings is 1. The molecule has 0 aliphatic heterocycles. The lowest BCUT2D eigenvalue weighted by Crippen LogP contribution is -1.87. The van der Waals surface area contributed by atoms with Gasteiger partial charge in [-0.1, -0.05) is 0 Å². The number of hydrogen-bond donors (Lipinski definition) is 0. The van der Waals surface area contributed by atoms with Gasteiger partial charge in [-0.3, -0.25) is 0 Å². The lowest BCUT2D eigenvalue weighted by Gasteiger charge is -2.04. The lowest BCUT2D eigenvalue weighted by molar-refractivity contribution is 0.462. The molecular weight excluding hydrogens is 214 g/mol. The Morgan fingerprint density at radius 3 is 2.94 bits per heavy atom. The Morgan fingerprint density at radius 2 is 2.06 bits per heavy atom. The van der Waals surface area contributed by atoms with Crippen LogP contribution in [0.25, 0.3) is 11.0 Å². The van der Waals surface area contributed by atoms with E-state index in [-0.39, 0.29) is 0 Å². The van der Waals surface area contributed by atoms with Crippen molar-refractivity contribution in [2.75, 3.05) is 0 Å². The van der Waals surface area contributed by atoms with Crippen LogP contribution >= 0.6 is 0 Å². The molecule has 0 saturated heterocycles. The van der Waals surface area contributed by atoms with Crippen LogP contribution in [0.15, 0.2) is 53.3 Å². The van der Waals surface area contributed by atoms with E-state index in [0.717, 1.165) is 22.3 Å². The van der Waals surface area contributed by atoms with Crippen molar-refractivity contribution in [3.8, 4) is 11.6 Å². The van der Waals surface area contributed by atoms with Crippen molar-refractivity contribution in [2.45, 2.75) is 6.92 Å². The monoisotopic (exact) mass is 225 g/mol. The summed E-state index contributed by atoms with van der Waals surface area (Å²) >= 11 is 0. The number of aryl methyl sites for hydroxylation is 1. The molecule has 0 aliphatic carbocycles. The molecule has 2 aromatic heterocycles. The predicted molar refractivity (Wildman–Crippen MR) is 65.3 cm³/mol. The SMILES string of the molecule is Cc1ccnc(Oc2ccc3ccoc3c2)c1. The van der Waals surface area contributed by atoms with Crippen molar-refractivity contribution in [1.29, 1.82) is 0 Å². The summed E-state index contributed by atoms with van der Waals surface area (Å²) in [5.74, 6) is 1.32. The fourth-order valence-electron chi connectivity index (χ4n) is 1.68. The molecule has 17 heavy (non-hydrogen) atoms. The first-order valence-electron chi connectivity index (χ1n) is 5.39. The molecule has 0 radical (unpaired) electrons.